The van der Waals surface area contributed by atoms with E-state index in [1.54, 1.807) is 0 Å². The van der Waals surface area contributed by atoms with Crippen LogP contribution in [0.2, 0.25) is 5.02 Å². The predicted octanol–water partition coefficient (Wildman–Crippen LogP) is 4.21. The van der Waals surface area contributed by atoms with Crippen molar-refractivity contribution in [2.75, 3.05) is 39.8 Å². The molecule has 1 N–H and O–H groups in total. The highest BCUT2D eigenvalue weighted by Gasteiger charge is 2.39. The molecule has 1 saturated heterocycles. The number of halogens is 3. The van der Waals surface area contributed by atoms with Crippen LogP contribution in [0.5, 0.6) is 0 Å². The van der Waals surface area contributed by atoms with Gasteiger partial charge in [0, 0.05) is 43.7 Å². The van der Waals surface area contributed by atoms with Gasteiger partial charge in [0.15, 0.2) is 0 Å². The van der Waals surface area contributed by atoms with Crippen LogP contribution >= 0.6 is 36.4 Å². The van der Waals surface area contributed by atoms with Gasteiger partial charge in [-0.25, -0.2) is 0 Å². The summed E-state index contributed by atoms with van der Waals surface area (Å²) in [6.07, 6.45) is 5.35. The van der Waals surface area contributed by atoms with Crippen molar-refractivity contribution < 1.29 is 5.11 Å². The first-order valence-electron chi connectivity index (χ1n) is 8.96. The average molecular weight is 410 g/mol. The lowest BCUT2D eigenvalue weighted by atomic mass is 9.72. The number of likely N-dealkylation sites (N-methyl/N-ethyl adjacent to an activating group) is 1. The smallest absolute Gasteiger partial charge is 0.0728 e. The SMILES string of the molecule is CN1CCN(CC(c2cccc(Cl)c2)C2(O)CCCCC2)CC1.Cl.Cl. The molecule has 0 aromatic heterocycles. The molecule has 2 fully saturated rings. The second kappa shape index (κ2) is 10.3. The van der Waals surface area contributed by atoms with Crippen LogP contribution in [-0.2, 0) is 0 Å². The van der Waals surface area contributed by atoms with Crippen LogP contribution in [0.15, 0.2) is 24.3 Å². The van der Waals surface area contributed by atoms with Crippen molar-refractivity contribution in [3.63, 3.8) is 0 Å². The molecule has 25 heavy (non-hydrogen) atoms. The van der Waals surface area contributed by atoms with Crippen molar-refractivity contribution in [1.29, 1.82) is 0 Å². The largest absolute Gasteiger partial charge is 0.389 e. The molecule has 1 unspecified atom stereocenters. The quantitative estimate of drug-likeness (QED) is 0.807. The van der Waals surface area contributed by atoms with E-state index in [0.29, 0.717) is 0 Å². The summed E-state index contributed by atoms with van der Waals surface area (Å²) >= 11 is 6.23. The Morgan fingerprint density at radius 2 is 1.72 bits per heavy atom. The van der Waals surface area contributed by atoms with Crippen LogP contribution in [0, 0.1) is 0 Å². The summed E-state index contributed by atoms with van der Waals surface area (Å²) in [5.74, 6) is 0.157. The van der Waals surface area contributed by atoms with Gasteiger partial charge in [0.05, 0.1) is 5.60 Å². The molecule has 0 spiro atoms. The standard InChI is InChI=1S/C19H29ClN2O.2ClH/c1-21-10-12-22(13-11-21)15-18(16-6-5-7-17(20)14-16)19(23)8-3-2-4-9-19;;/h5-7,14,18,23H,2-4,8-13,15H2,1H3;2*1H. The third-order valence-electron chi connectivity index (χ3n) is 5.66. The van der Waals surface area contributed by atoms with Gasteiger partial charge in [-0.1, -0.05) is 43.0 Å². The van der Waals surface area contributed by atoms with Crippen molar-refractivity contribution in [2.24, 2.45) is 0 Å². The van der Waals surface area contributed by atoms with E-state index < -0.39 is 5.60 Å². The van der Waals surface area contributed by atoms with Gasteiger partial charge in [-0.2, -0.15) is 0 Å². The molecule has 1 aromatic carbocycles. The fourth-order valence-corrected chi connectivity index (χ4v) is 4.31. The van der Waals surface area contributed by atoms with Crippen LogP contribution in [-0.4, -0.2) is 60.3 Å². The van der Waals surface area contributed by atoms with Gasteiger partial charge in [-0.3, -0.25) is 0 Å². The molecule has 3 nitrogen and oxygen atoms in total. The summed E-state index contributed by atoms with van der Waals surface area (Å²) in [6.45, 7) is 5.33. The topological polar surface area (TPSA) is 26.7 Å². The molecule has 1 aliphatic carbocycles. The van der Waals surface area contributed by atoms with Gasteiger partial charge in [-0.05, 0) is 37.6 Å². The summed E-state index contributed by atoms with van der Waals surface area (Å²) in [4.78, 5) is 4.89. The minimum absolute atomic E-state index is 0. The maximum absolute atomic E-state index is 11.4. The fraction of sp³-hybridized carbons (Fsp3) is 0.684. The van der Waals surface area contributed by atoms with Gasteiger partial charge in [-0.15, -0.1) is 24.8 Å². The van der Waals surface area contributed by atoms with Gasteiger partial charge >= 0.3 is 0 Å². The summed E-state index contributed by atoms with van der Waals surface area (Å²) < 4.78 is 0. The van der Waals surface area contributed by atoms with E-state index in [-0.39, 0.29) is 30.7 Å². The van der Waals surface area contributed by atoms with Crippen molar-refractivity contribution in [3.8, 4) is 0 Å². The Morgan fingerprint density at radius 1 is 1.08 bits per heavy atom. The summed E-state index contributed by atoms with van der Waals surface area (Å²) in [7, 11) is 2.18. The van der Waals surface area contributed by atoms with E-state index in [2.05, 4.69) is 29.0 Å². The average Bonchev–Trinajstić information content (AvgIpc) is 2.55. The number of hydrogen-bond donors (Lipinski definition) is 1. The number of rotatable bonds is 4. The van der Waals surface area contributed by atoms with E-state index in [4.69, 9.17) is 11.6 Å². The third-order valence-corrected chi connectivity index (χ3v) is 5.89. The van der Waals surface area contributed by atoms with Crippen molar-refractivity contribution in [1.82, 2.24) is 9.80 Å². The Bertz CT molecular complexity index is 515. The summed E-state index contributed by atoms with van der Waals surface area (Å²) in [5, 5.41) is 12.1. The summed E-state index contributed by atoms with van der Waals surface area (Å²) in [5.41, 5.74) is 0.618. The molecule has 2 aliphatic rings. The van der Waals surface area contributed by atoms with Crippen LogP contribution < -0.4 is 0 Å². The van der Waals surface area contributed by atoms with Crippen LogP contribution in [0.4, 0.5) is 0 Å². The van der Waals surface area contributed by atoms with Gasteiger partial charge < -0.3 is 14.9 Å². The second-order valence-corrected chi connectivity index (χ2v) is 7.81. The number of piperazine rings is 1. The van der Waals surface area contributed by atoms with Crippen LogP contribution in [0.1, 0.15) is 43.6 Å². The van der Waals surface area contributed by atoms with E-state index in [9.17, 15) is 5.11 Å². The highest BCUT2D eigenvalue weighted by atomic mass is 35.5. The highest BCUT2D eigenvalue weighted by molar-refractivity contribution is 6.30. The lowest BCUT2D eigenvalue weighted by Crippen LogP contribution is -2.50. The highest BCUT2D eigenvalue weighted by Crippen LogP contribution is 2.41. The maximum atomic E-state index is 11.4. The first kappa shape index (κ1) is 23.0. The molecule has 0 radical (unpaired) electrons. The maximum Gasteiger partial charge on any atom is 0.0728 e. The molecule has 1 aliphatic heterocycles. The molecule has 3 rings (SSSR count). The number of aliphatic hydroxyl groups is 1. The zero-order chi connectivity index (χ0) is 16.3. The Morgan fingerprint density at radius 3 is 2.32 bits per heavy atom. The van der Waals surface area contributed by atoms with E-state index >= 15 is 0 Å². The molecule has 0 bridgehead atoms. The van der Waals surface area contributed by atoms with E-state index in [0.717, 1.165) is 63.4 Å². The van der Waals surface area contributed by atoms with E-state index in [1.165, 1.54) is 12.0 Å². The molecular formula is C19H31Cl3N2O. The lowest BCUT2D eigenvalue weighted by Gasteiger charge is -2.43. The van der Waals surface area contributed by atoms with Crippen molar-refractivity contribution >= 4 is 36.4 Å². The van der Waals surface area contributed by atoms with E-state index in [1.807, 2.05) is 12.1 Å². The molecular weight excluding hydrogens is 379 g/mol. The Labute approximate surface area is 169 Å². The molecule has 1 atom stereocenters. The molecule has 1 saturated carbocycles. The fourth-order valence-electron chi connectivity index (χ4n) is 4.11. The molecule has 144 valence electrons. The van der Waals surface area contributed by atoms with Crippen LogP contribution in [0.25, 0.3) is 0 Å². The zero-order valence-electron chi connectivity index (χ0n) is 15.0. The first-order valence-corrected chi connectivity index (χ1v) is 9.33. The normalized spacial score (nSPS) is 22.5. The third kappa shape index (κ3) is 5.98. The van der Waals surface area contributed by atoms with Gasteiger partial charge in [0.1, 0.15) is 0 Å². The second-order valence-electron chi connectivity index (χ2n) is 7.38. The summed E-state index contributed by atoms with van der Waals surface area (Å²) in [6, 6.07) is 8.12. The molecule has 6 heteroatoms. The molecule has 1 aromatic rings. The zero-order valence-corrected chi connectivity index (χ0v) is 17.4. The van der Waals surface area contributed by atoms with Gasteiger partial charge in [0.2, 0.25) is 0 Å². The predicted molar refractivity (Wildman–Crippen MR) is 111 cm³/mol. The first-order chi connectivity index (χ1) is 11.1. The molecule has 0 amide bonds. The van der Waals surface area contributed by atoms with Crippen molar-refractivity contribution in [2.45, 2.75) is 43.6 Å². The Hall–Kier alpha value is -0.0300. The number of nitrogens with zero attached hydrogens (tertiary/aromatic N) is 2. The minimum Gasteiger partial charge on any atom is -0.389 e. The van der Waals surface area contributed by atoms with Crippen LogP contribution in [0.3, 0.4) is 0 Å². The molecule has 1 heterocycles. The number of benzene rings is 1. The number of hydrogen-bond acceptors (Lipinski definition) is 3. The lowest BCUT2D eigenvalue weighted by molar-refractivity contribution is -0.0337. The van der Waals surface area contributed by atoms with Crippen molar-refractivity contribution in [3.05, 3.63) is 34.9 Å². The monoisotopic (exact) mass is 408 g/mol. The Kier molecular flexibility index (Phi) is 9.52. The minimum atomic E-state index is -0.577. The van der Waals surface area contributed by atoms with Gasteiger partial charge in [0.25, 0.3) is 0 Å². The Balaban J connectivity index is 0.00000156.